The van der Waals surface area contributed by atoms with Gasteiger partial charge in [0.15, 0.2) is 0 Å². The van der Waals surface area contributed by atoms with Crippen molar-refractivity contribution in [2.45, 2.75) is 18.8 Å². The molecule has 2 atom stereocenters. The van der Waals surface area contributed by atoms with Crippen molar-refractivity contribution in [3.63, 3.8) is 0 Å². The van der Waals surface area contributed by atoms with Crippen LogP contribution < -0.4 is 5.32 Å². The molecular weight excluding hydrogens is 218 g/mol. The van der Waals surface area contributed by atoms with Crippen molar-refractivity contribution in [3.8, 4) is 0 Å². The Hall–Kier alpha value is -1.84. The fourth-order valence-electron chi connectivity index (χ4n) is 1.99. The summed E-state index contributed by atoms with van der Waals surface area (Å²) < 4.78 is 0. The molecule has 4 heteroatoms. The van der Waals surface area contributed by atoms with Gasteiger partial charge in [0.05, 0.1) is 12.3 Å². The Morgan fingerprint density at radius 3 is 2.47 bits per heavy atom. The maximum atomic E-state index is 11.2. The van der Waals surface area contributed by atoms with Gasteiger partial charge in [-0.2, -0.15) is 0 Å². The van der Waals surface area contributed by atoms with Gasteiger partial charge in [-0.1, -0.05) is 24.3 Å². The van der Waals surface area contributed by atoms with Gasteiger partial charge in [-0.3, -0.25) is 9.59 Å². The van der Waals surface area contributed by atoms with Crippen LogP contribution in [-0.2, 0) is 16.0 Å². The van der Waals surface area contributed by atoms with E-state index in [0.29, 0.717) is 6.42 Å². The van der Waals surface area contributed by atoms with Crippen molar-refractivity contribution >= 4 is 11.9 Å². The number of carboxylic acid groups (broad SMARTS) is 1. The SMILES string of the molecule is CNC(=O)Cc1ccc(C2CC2C(=O)O)cc1. The molecular formula is C13H15NO3. The van der Waals surface area contributed by atoms with E-state index >= 15 is 0 Å². The lowest BCUT2D eigenvalue weighted by Gasteiger charge is -2.03. The predicted molar refractivity (Wildman–Crippen MR) is 62.7 cm³/mol. The summed E-state index contributed by atoms with van der Waals surface area (Å²) >= 11 is 0. The third-order valence-corrected chi connectivity index (χ3v) is 3.16. The van der Waals surface area contributed by atoms with Gasteiger partial charge in [0.2, 0.25) is 5.91 Å². The molecule has 1 aliphatic rings. The van der Waals surface area contributed by atoms with Crippen molar-refractivity contribution in [3.05, 3.63) is 35.4 Å². The van der Waals surface area contributed by atoms with Gasteiger partial charge in [-0.25, -0.2) is 0 Å². The highest BCUT2D eigenvalue weighted by Gasteiger charge is 2.43. The Bertz CT molecular complexity index is 438. The van der Waals surface area contributed by atoms with Gasteiger partial charge in [0, 0.05) is 7.05 Å². The second-order valence-corrected chi connectivity index (χ2v) is 4.38. The van der Waals surface area contributed by atoms with Crippen LogP contribution in [0.25, 0.3) is 0 Å². The Labute approximate surface area is 99.6 Å². The number of benzene rings is 1. The van der Waals surface area contributed by atoms with Crippen LogP contribution in [0.15, 0.2) is 24.3 Å². The predicted octanol–water partition coefficient (Wildman–Crippen LogP) is 1.16. The molecule has 1 aliphatic carbocycles. The zero-order valence-corrected chi connectivity index (χ0v) is 9.64. The lowest BCUT2D eigenvalue weighted by atomic mass is 10.0. The molecule has 1 fully saturated rings. The van der Waals surface area contributed by atoms with Crippen LogP contribution in [0.4, 0.5) is 0 Å². The summed E-state index contributed by atoms with van der Waals surface area (Å²) in [7, 11) is 1.61. The molecule has 0 spiro atoms. The molecule has 1 aromatic rings. The first-order valence-corrected chi connectivity index (χ1v) is 5.64. The third-order valence-electron chi connectivity index (χ3n) is 3.16. The summed E-state index contributed by atoms with van der Waals surface area (Å²) in [5.41, 5.74) is 2.00. The number of hydrogen-bond donors (Lipinski definition) is 2. The maximum absolute atomic E-state index is 11.2. The summed E-state index contributed by atoms with van der Waals surface area (Å²) in [6.45, 7) is 0. The normalized spacial score (nSPS) is 21.9. The fraction of sp³-hybridized carbons (Fsp3) is 0.385. The van der Waals surface area contributed by atoms with Gasteiger partial charge in [0.25, 0.3) is 0 Å². The van der Waals surface area contributed by atoms with Crippen LogP contribution in [0.3, 0.4) is 0 Å². The minimum atomic E-state index is -0.718. The largest absolute Gasteiger partial charge is 0.481 e. The van der Waals surface area contributed by atoms with Crippen LogP contribution in [-0.4, -0.2) is 24.0 Å². The Balaban J connectivity index is 1.99. The van der Waals surface area contributed by atoms with Crippen molar-refractivity contribution in [2.75, 3.05) is 7.05 Å². The van der Waals surface area contributed by atoms with Crippen molar-refractivity contribution < 1.29 is 14.7 Å². The summed E-state index contributed by atoms with van der Waals surface area (Å²) in [5, 5.41) is 11.4. The maximum Gasteiger partial charge on any atom is 0.307 e. The van der Waals surface area contributed by atoms with Gasteiger partial charge >= 0.3 is 5.97 Å². The molecule has 0 bridgehead atoms. The zero-order valence-electron chi connectivity index (χ0n) is 9.64. The molecule has 4 nitrogen and oxygen atoms in total. The number of carboxylic acids is 1. The van der Waals surface area contributed by atoms with E-state index in [1.807, 2.05) is 24.3 Å². The topological polar surface area (TPSA) is 66.4 Å². The Kier molecular flexibility index (Phi) is 3.13. The average Bonchev–Trinajstić information content (AvgIpc) is 3.10. The molecule has 0 heterocycles. The third kappa shape index (κ3) is 2.64. The molecule has 0 saturated heterocycles. The molecule has 1 aromatic carbocycles. The van der Waals surface area contributed by atoms with Gasteiger partial charge in [-0.05, 0) is 23.5 Å². The molecule has 2 N–H and O–H groups in total. The van der Waals surface area contributed by atoms with Crippen LogP contribution >= 0.6 is 0 Å². The van der Waals surface area contributed by atoms with Crippen molar-refractivity contribution in [1.82, 2.24) is 5.32 Å². The highest BCUT2D eigenvalue weighted by atomic mass is 16.4. The Morgan fingerprint density at radius 1 is 1.35 bits per heavy atom. The number of carbonyl (C=O) groups is 2. The first kappa shape index (κ1) is 11.6. The highest BCUT2D eigenvalue weighted by molar-refractivity contribution is 5.78. The average molecular weight is 233 g/mol. The minimum Gasteiger partial charge on any atom is -0.481 e. The monoisotopic (exact) mass is 233 g/mol. The number of carbonyl (C=O) groups excluding carboxylic acids is 1. The first-order chi connectivity index (χ1) is 8.11. The molecule has 1 saturated carbocycles. The van der Waals surface area contributed by atoms with E-state index in [-0.39, 0.29) is 17.7 Å². The fourth-order valence-corrected chi connectivity index (χ4v) is 1.99. The number of hydrogen-bond acceptors (Lipinski definition) is 2. The Morgan fingerprint density at radius 2 is 2.00 bits per heavy atom. The molecule has 0 aromatic heterocycles. The number of rotatable bonds is 4. The van der Waals surface area contributed by atoms with Gasteiger partial charge in [-0.15, -0.1) is 0 Å². The van der Waals surface area contributed by atoms with E-state index in [0.717, 1.165) is 17.5 Å². The van der Waals surface area contributed by atoms with Crippen LogP contribution in [0.1, 0.15) is 23.5 Å². The number of nitrogens with one attached hydrogen (secondary N) is 1. The molecule has 1 amide bonds. The first-order valence-electron chi connectivity index (χ1n) is 5.64. The molecule has 90 valence electrons. The number of likely N-dealkylation sites (N-methyl/N-ethyl adjacent to an activating group) is 1. The minimum absolute atomic E-state index is 0.0208. The van der Waals surface area contributed by atoms with E-state index in [2.05, 4.69) is 5.32 Å². The van der Waals surface area contributed by atoms with E-state index < -0.39 is 5.97 Å². The quantitative estimate of drug-likeness (QED) is 0.820. The highest BCUT2D eigenvalue weighted by Crippen LogP contribution is 2.47. The lowest BCUT2D eigenvalue weighted by molar-refractivity contribution is -0.138. The second-order valence-electron chi connectivity index (χ2n) is 4.38. The standard InChI is InChI=1S/C13H15NO3/c1-14-12(15)6-8-2-4-9(5-3-8)10-7-11(10)13(16)17/h2-5,10-11H,6-7H2,1H3,(H,14,15)(H,16,17). The zero-order chi connectivity index (χ0) is 12.4. The molecule has 0 radical (unpaired) electrons. The van der Waals surface area contributed by atoms with Crippen molar-refractivity contribution in [1.29, 1.82) is 0 Å². The van der Waals surface area contributed by atoms with Crippen LogP contribution in [0.2, 0.25) is 0 Å². The summed E-state index contributed by atoms with van der Waals surface area (Å²) in [6, 6.07) is 7.63. The lowest BCUT2D eigenvalue weighted by Crippen LogP contribution is -2.19. The molecule has 17 heavy (non-hydrogen) atoms. The van der Waals surface area contributed by atoms with E-state index in [1.54, 1.807) is 7.05 Å². The molecule has 0 aliphatic heterocycles. The molecule has 2 unspecified atom stereocenters. The van der Waals surface area contributed by atoms with Crippen LogP contribution in [0.5, 0.6) is 0 Å². The number of amides is 1. The summed E-state index contributed by atoms with van der Waals surface area (Å²) in [6.07, 6.45) is 1.09. The smallest absolute Gasteiger partial charge is 0.307 e. The summed E-state index contributed by atoms with van der Waals surface area (Å²) in [4.78, 5) is 21.9. The van der Waals surface area contributed by atoms with E-state index in [9.17, 15) is 9.59 Å². The van der Waals surface area contributed by atoms with Crippen LogP contribution in [0, 0.1) is 5.92 Å². The van der Waals surface area contributed by atoms with E-state index in [4.69, 9.17) is 5.11 Å². The molecule has 2 rings (SSSR count). The second kappa shape index (κ2) is 4.57. The van der Waals surface area contributed by atoms with Gasteiger partial charge < -0.3 is 10.4 Å². The van der Waals surface area contributed by atoms with E-state index in [1.165, 1.54) is 0 Å². The van der Waals surface area contributed by atoms with Crippen molar-refractivity contribution in [2.24, 2.45) is 5.92 Å². The van der Waals surface area contributed by atoms with Gasteiger partial charge in [0.1, 0.15) is 0 Å². The number of aliphatic carboxylic acids is 1. The summed E-state index contributed by atoms with van der Waals surface area (Å²) in [5.74, 6) is -0.807.